The van der Waals surface area contributed by atoms with E-state index in [0.29, 0.717) is 0 Å². The average molecular weight is 225 g/mol. The molecule has 0 saturated carbocycles. The van der Waals surface area contributed by atoms with Gasteiger partial charge in [-0.15, -0.1) is 0 Å². The van der Waals surface area contributed by atoms with Crippen LogP contribution < -0.4 is 0 Å². The van der Waals surface area contributed by atoms with Crippen LogP contribution in [0.25, 0.3) is 23.1 Å². The van der Waals surface area contributed by atoms with Crippen molar-refractivity contribution in [2.45, 2.75) is 20.3 Å². The quantitative estimate of drug-likeness (QED) is 0.729. The van der Waals surface area contributed by atoms with Crippen molar-refractivity contribution in [2.24, 2.45) is 7.05 Å². The lowest BCUT2D eigenvalue weighted by Gasteiger charge is -2.01. The van der Waals surface area contributed by atoms with E-state index in [0.717, 1.165) is 6.42 Å². The summed E-state index contributed by atoms with van der Waals surface area (Å²) in [7, 11) is 2.12. The smallest absolute Gasteiger partial charge is 0.0491 e. The maximum absolute atomic E-state index is 3.93. The summed E-state index contributed by atoms with van der Waals surface area (Å²) in [5.74, 6) is 0. The summed E-state index contributed by atoms with van der Waals surface area (Å²) in [5.41, 5.74) is 5.11. The van der Waals surface area contributed by atoms with Crippen LogP contribution >= 0.6 is 0 Å². The molecule has 0 spiro atoms. The molecular weight excluding hydrogens is 206 g/mol. The van der Waals surface area contributed by atoms with Gasteiger partial charge >= 0.3 is 0 Å². The van der Waals surface area contributed by atoms with Crippen molar-refractivity contribution in [1.29, 1.82) is 0 Å². The van der Waals surface area contributed by atoms with E-state index < -0.39 is 0 Å². The predicted octanol–water partition coefficient (Wildman–Crippen LogP) is 4.42. The second-order valence-electron chi connectivity index (χ2n) is 4.27. The van der Waals surface area contributed by atoms with Crippen LogP contribution in [-0.4, -0.2) is 4.57 Å². The first-order valence-corrected chi connectivity index (χ1v) is 6.09. The predicted molar refractivity (Wildman–Crippen MR) is 77.1 cm³/mol. The monoisotopic (exact) mass is 225 g/mol. The fraction of sp³-hybridized carbons (Fsp3) is 0.250. The van der Waals surface area contributed by atoms with Gasteiger partial charge in [0, 0.05) is 29.2 Å². The van der Waals surface area contributed by atoms with Gasteiger partial charge < -0.3 is 4.57 Å². The molecule has 17 heavy (non-hydrogen) atoms. The number of allylic oxidation sites excluding steroid dienone is 1. The molecular formula is C16H19N. The zero-order valence-corrected chi connectivity index (χ0v) is 10.8. The van der Waals surface area contributed by atoms with E-state index in [1.807, 2.05) is 13.0 Å². The molecule has 0 unspecified atom stereocenters. The fourth-order valence-electron chi connectivity index (χ4n) is 2.32. The highest BCUT2D eigenvalue weighted by Crippen LogP contribution is 2.28. The zero-order chi connectivity index (χ0) is 12.4. The van der Waals surface area contributed by atoms with Crippen LogP contribution in [0, 0.1) is 0 Å². The van der Waals surface area contributed by atoms with E-state index in [-0.39, 0.29) is 0 Å². The Kier molecular flexibility index (Phi) is 3.19. The third kappa shape index (κ3) is 1.82. The third-order valence-electron chi connectivity index (χ3n) is 3.29. The van der Waals surface area contributed by atoms with Gasteiger partial charge in [0.2, 0.25) is 0 Å². The van der Waals surface area contributed by atoms with E-state index >= 15 is 0 Å². The lowest BCUT2D eigenvalue weighted by molar-refractivity contribution is 0.950. The number of benzene rings is 1. The highest BCUT2D eigenvalue weighted by molar-refractivity contribution is 5.94. The summed E-state index contributed by atoms with van der Waals surface area (Å²) in [4.78, 5) is 0. The Bertz CT molecular complexity index is 585. The first kappa shape index (κ1) is 11.7. The number of aryl methyl sites for hydroxylation is 2. The number of rotatable bonds is 3. The second-order valence-corrected chi connectivity index (χ2v) is 4.27. The van der Waals surface area contributed by atoms with Gasteiger partial charge in [0.05, 0.1) is 0 Å². The topological polar surface area (TPSA) is 4.93 Å². The first-order chi connectivity index (χ1) is 8.22. The maximum Gasteiger partial charge on any atom is 0.0491 e. The molecule has 0 N–H and O–H groups in total. The third-order valence-corrected chi connectivity index (χ3v) is 3.29. The average Bonchev–Trinajstić information content (AvgIpc) is 2.62. The van der Waals surface area contributed by atoms with Gasteiger partial charge in [0.1, 0.15) is 0 Å². The minimum absolute atomic E-state index is 1.07. The van der Waals surface area contributed by atoms with Crippen molar-refractivity contribution in [2.75, 3.05) is 0 Å². The molecule has 1 aromatic carbocycles. The summed E-state index contributed by atoms with van der Waals surface area (Å²) >= 11 is 0. The maximum atomic E-state index is 3.93. The number of aromatic nitrogens is 1. The van der Waals surface area contributed by atoms with Crippen LogP contribution in [0.1, 0.15) is 30.7 Å². The summed E-state index contributed by atoms with van der Waals surface area (Å²) < 4.78 is 2.24. The van der Waals surface area contributed by atoms with Crippen molar-refractivity contribution in [1.82, 2.24) is 4.57 Å². The van der Waals surface area contributed by atoms with Gasteiger partial charge in [-0.2, -0.15) is 0 Å². The largest absolute Gasteiger partial charge is 0.344 e. The van der Waals surface area contributed by atoms with Crippen molar-refractivity contribution in [3.05, 3.63) is 47.7 Å². The Morgan fingerprint density at radius 2 is 2.12 bits per heavy atom. The standard InChI is InChI=1S/C16H19N/c1-5-8-15-13(7-3)14-10-9-12(6-2)11-16(14)17(15)4/h5,7-11H,3,6H2,1-2,4H3/b8-5-. The van der Waals surface area contributed by atoms with Crippen LogP contribution in [0.3, 0.4) is 0 Å². The van der Waals surface area contributed by atoms with Crippen molar-refractivity contribution in [3.63, 3.8) is 0 Å². The lowest BCUT2D eigenvalue weighted by Crippen LogP contribution is -1.91. The second kappa shape index (κ2) is 4.62. The molecule has 1 heterocycles. The Hall–Kier alpha value is -1.76. The fourth-order valence-corrected chi connectivity index (χ4v) is 2.32. The first-order valence-electron chi connectivity index (χ1n) is 6.09. The molecule has 0 saturated heterocycles. The molecule has 2 aromatic rings. The lowest BCUT2D eigenvalue weighted by atomic mass is 10.1. The molecule has 0 bridgehead atoms. The number of hydrogen-bond acceptors (Lipinski definition) is 0. The molecule has 0 amide bonds. The highest BCUT2D eigenvalue weighted by atomic mass is 14.9. The van der Waals surface area contributed by atoms with Crippen LogP contribution in [0.4, 0.5) is 0 Å². The molecule has 1 heteroatoms. The van der Waals surface area contributed by atoms with Crippen molar-refractivity contribution in [3.8, 4) is 0 Å². The number of fused-ring (bicyclic) bond motifs is 1. The summed E-state index contributed by atoms with van der Waals surface area (Å²) in [6.07, 6.45) is 7.23. The Labute approximate surface area is 103 Å². The summed E-state index contributed by atoms with van der Waals surface area (Å²) in [6, 6.07) is 6.68. The van der Waals surface area contributed by atoms with E-state index in [1.54, 1.807) is 0 Å². The zero-order valence-electron chi connectivity index (χ0n) is 10.8. The van der Waals surface area contributed by atoms with Gasteiger partial charge in [-0.05, 0) is 31.1 Å². The molecule has 88 valence electrons. The summed E-state index contributed by atoms with van der Waals surface area (Å²) in [5, 5.41) is 1.28. The molecule has 1 aromatic heterocycles. The number of hydrogen-bond donors (Lipinski definition) is 0. The van der Waals surface area contributed by atoms with Crippen LogP contribution in [-0.2, 0) is 13.5 Å². The molecule has 0 radical (unpaired) electrons. The van der Waals surface area contributed by atoms with E-state index in [2.05, 4.69) is 55.5 Å². The molecule has 2 rings (SSSR count). The Morgan fingerprint density at radius 1 is 1.35 bits per heavy atom. The van der Waals surface area contributed by atoms with Crippen molar-refractivity contribution >= 4 is 23.1 Å². The van der Waals surface area contributed by atoms with Crippen molar-refractivity contribution < 1.29 is 0 Å². The van der Waals surface area contributed by atoms with E-state index in [4.69, 9.17) is 0 Å². The minimum atomic E-state index is 1.07. The van der Waals surface area contributed by atoms with Crippen LogP contribution in [0.15, 0.2) is 30.9 Å². The van der Waals surface area contributed by atoms with E-state index in [9.17, 15) is 0 Å². The van der Waals surface area contributed by atoms with Crippen LogP contribution in [0.5, 0.6) is 0 Å². The van der Waals surface area contributed by atoms with Gasteiger partial charge in [0.15, 0.2) is 0 Å². The highest BCUT2D eigenvalue weighted by Gasteiger charge is 2.10. The molecule has 1 nitrogen and oxygen atoms in total. The Balaban J connectivity index is 2.83. The van der Waals surface area contributed by atoms with E-state index in [1.165, 1.54) is 27.7 Å². The molecule has 0 aliphatic carbocycles. The molecule has 0 aliphatic rings. The van der Waals surface area contributed by atoms with Gasteiger partial charge in [-0.1, -0.05) is 37.8 Å². The van der Waals surface area contributed by atoms with Gasteiger partial charge in [-0.25, -0.2) is 0 Å². The molecule has 0 atom stereocenters. The van der Waals surface area contributed by atoms with Gasteiger partial charge in [-0.3, -0.25) is 0 Å². The SMILES string of the molecule is C=Cc1c(/C=C\C)n(C)c2cc(CC)ccc12. The number of nitrogens with zero attached hydrogens (tertiary/aromatic N) is 1. The van der Waals surface area contributed by atoms with Crippen LogP contribution in [0.2, 0.25) is 0 Å². The normalized spacial score (nSPS) is 11.5. The Morgan fingerprint density at radius 3 is 2.71 bits per heavy atom. The summed E-state index contributed by atoms with van der Waals surface area (Å²) in [6.45, 7) is 8.16. The minimum Gasteiger partial charge on any atom is -0.344 e. The molecule has 0 aliphatic heterocycles. The van der Waals surface area contributed by atoms with Gasteiger partial charge in [0.25, 0.3) is 0 Å². The molecule has 0 fully saturated rings.